The molecule has 2 saturated heterocycles. The summed E-state index contributed by atoms with van der Waals surface area (Å²) in [5.41, 5.74) is 6.21. The number of anilines is 1. The first kappa shape index (κ1) is 17.5. The van der Waals surface area contributed by atoms with Crippen molar-refractivity contribution in [1.29, 1.82) is 0 Å². The highest BCUT2D eigenvalue weighted by atomic mass is 32.1. The molecule has 2 aliphatic rings. The zero-order valence-electron chi connectivity index (χ0n) is 14.7. The zero-order valence-corrected chi connectivity index (χ0v) is 15.5. The highest BCUT2D eigenvalue weighted by Gasteiger charge is 2.20. The van der Waals surface area contributed by atoms with Crippen LogP contribution in [0.3, 0.4) is 0 Å². The lowest BCUT2D eigenvalue weighted by atomic mass is 9.94. The number of thiazole rings is 1. The number of guanidine groups is 1. The van der Waals surface area contributed by atoms with Gasteiger partial charge < -0.3 is 20.4 Å². The largest absolute Gasteiger partial charge is 0.370 e. The van der Waals surface area contributed by atoms with Crippen molar-refractivity contribution < 1.29 is 0 Å². The molecule has 2 aliphatic heterocycles. The van der Waals surface area contributed by atoms with Gasteiger partial charge >= 0.3 is 0 Å². The first-order valence-corrected chi connectivity index (χ1v) is 10.1. The van der Waals surface area contributed by atoms with Crippen LogP contribution >= 0.6 is 11.3 Å². The van der Waals surface area contributed by atoms with E-state index in [0.29, 0.717) is 0 Å². The minimum atomic E-state index is 0.722. The Morgan fingerprint density at radius 2 is 2.00 bits per heavy atom. The van der Waals surface area contributed by atoms with Crippen LogP contribution in [0.5, 0.6) is 0 Å². The number of rotatable bonds is 5. The summed E-state index contributed by atoms with van der Waals surface area (Å²) in [6, 6.07) is 0. The predicted molar refractivity (Wildman–Crippen MR) is 102 cm³/mol. The molecular formula is C17H30N6S. The van der Waals surface area contributed by atoms with E-state index in [0.717, 1.165) is 49.7 Å². The number of hydrogen-bond acceptors (Lipinski definition) is 5. The van der Waals surface area contributed by atoms with Gasteiger partial charge in [0.1, 0.15) is 0 Å². The monoisotopic (exact) mass is 350 g/mol. The molecule has 1 aromatic rings. The average Bonchev–Trinajstić information content (AvgIpc) is 3.17. The molecule has 2 N–H and O–H groups in total. The van der Waals surface area contributed by atoms with Crippen molar-refractivity contribution in [1.82, 2.24) is 14.8 Å². The van der Waals surface area contributed by atoms with Gasteiger partial charge in [-0.15, -0.1) is 11.3 Å². The fourth-order valence-electron chi connectivity index (χ4n) is 3.55. The number of hydrogen-bond donors (Lipinski definition) is 1. The normalized spacial score (nSPS) is 21.5. The lowest BCUT2D eigenvalue weighted by Crippen LogP contribution is -2.51. The van der Waals surface area contributed by atoms with E-state index in [-0.39, 0.29) is 0 Å². The fourth-order valence-corrected chi connectivity index (χ4v) is 4.25. The van der Waals surface area contributed by atoms with Crippen LogP contribution in [0.4, 0.5) is 5.13 Å². The summed E-state index contributed by atoms with van der Waals surface area (Å²) in [7, 11) is 0. The molecule has 0 radical (unpaired) electrons. The van der Waals surface area contributed by atoms with E-state index in [2.05, 4.69) is 31.6 Å². The first-order valence-electron chi connectivity index (χ1n) is 9.18. The number of nitrogens with zero attached hydrogens (tertiary/aromatic N) is 5. The molecule has 6 nitrogen and oxygen atoms in total. The Morgan fingerprint density at radius 3 is 2.62 bits per heavy atom. The number of piperidine rings is 1. The third kappa shape index (κ3) is 4.60. The molecule has 7 heteroatoms. The quantitative estimate of drug-likeness (QED) is 0.647. The highest BCUT2D eigenvalue weighted by molar-refractivity contribution is 7.13. The number of piperazine rings is 1. The lowest BCUT2D eigenvalue weighted by molar-refractivity contribution is 0.188. The zero-order chi connectivity index (χ0) is 16.8. The van der Waals surface area contributed by atoms with E-state index in [1.54, 1.807) is 11.3 Å². The van der Waals surface area contributed by atoms with Gasteiger partial charge in [0.05, 0.1) is 0 Å². The Hall–Kier alpha value is -1.34. The van der Waals surface area contributed by atoms with Crippen LogP contribution < -0.4 is 10.6 Å². The summed E-state index contributed by atoms with van der Waals surface area (Å²) in [6.07, 6.45) is 5.68. The van der Waals surface area contributed by atoms with E-state index >= 15 is 0 Å². The van der Waals surface area contributed by atoms with E-state index in [4.69, 9.17) is 5.73 Å². The maximum atomic E-state index is 6.21. The topological polar surface area (TPSA) is 61.0 Å². The molecule has 0 amide bonds. The average molecular weight is 351 g/mol. The molecular weight excluding hydrogens is 320 g/mol. The molecule has 24 heavy (non-hydrogen) atoms. The number of aromatic nitrogens is 1. The Kier molecular flexibility index (Phi) is 6.31. The Morgan fingerprint density at radius 1 is 1.25 bits per heavy atom. The summed E-state index contributed by atoms with van der Waals surface area (Å²) in [6.45, 7) is 10.6. The molecule has 1 aromatic heterocycles. The Labute approximate surface area is 149 Å². The number of nitrogens with two attached hydrogens (primary N) is 1. The second kappa shape index (κ2) is 8.67. The van der Waals surface area contributed by atoms with Gasteiger partial charge in [-0.3, -0.25) is 4.99 Å². The molecule has 0 aliphatic carbocycles. The maximum absolute atomic E-state index is 6.21. The van der Waals surface area contributed by atoms with Crippen LogP contribution in [0, 0.1) is 5.92 Å². The molecule has 0 atom stereocenters. The third-order valence-corrected chi connectivity index (χ3v) is 6.09. The summed E-state index contributed by atoms with van der Waals surface area (Å²) < 4.78 is 0. The number of aliphatic imine (C=N–C) groups is 1. The van der Waals surface area contributed by atoms with E-state index < -0.39 is 0 Å². The van der Waals surface area contributed by atoms with Gasteiger partial charge in [-0.05, 0) is 44.8 Å². The van der Waals surface area contributed by atoms with Gasteiger partial charge in [0, 0.05) is 44.3 Å². The van der Waals surface area contributed by atoms with Crippen molar-refractivity contribution >= 4 is 22.4 Å². The van der Waals surface area contributed by atoms with Crippen molar-refractivity contribution in [2.45, 2.75) is 26.2 Å². The molecule has 0 unspecified atom stereocenters. The van der Waals surface area contributed by atoms with Gasteiger partial charge in [-0.1, -0.05) is 6.92 Å². The molecule has 2 fully saturated rings. The minimum absolute atomic E-state index is 0.722. The SMILES string of the molecule is CCN1CCC(CCN=C(N)N2CCN(c3nccs3)CC2)CC1. The smallest absolute Gasteiger partial charge is 0.191 e. The lowest BCUT2D eigenvalue weighted by Gasteiger charge is -2.35. The van der Waals surface area contributed by atoms with E-state index in [1.807, 2.05) is 11.6 Å². The molecule has 0 bridgehead atoms. The van der Waals surface area contributed by atoms with Gasteiger partial charge in [0.2, 0.25) is 0 Å². The van der Waals surface area contributed by atoms with Crippen molar-refractivity contribution in [3.8, 4) is 0 Å². The highest BCUT2D eigenvalue weighted by Crippen LogP contribution is 2.20. The molecule has 0 saturated carbocycles. The third-order valence-electron chi connectivity index (χ3n) is 5.26. The van der Waals surface area contributed by atoms with E-state index in [1.165, 1.54) is 38.9 Å². The van der Waals surface area contributed by atoms with Crippen LogP contribution in [0.25, 0.3) is 0 Å². The van der Waals surface area contributed by atoms with Crippen molar-refractivity contribution in [2.75, 3.05) is 57.3 Å². The summed E-state index contributed by atoms with van der Waals surface area (Å²) in [5.74, 6) is 1.55. The summed E-state index contributed by atoms with van der Waals surface area (Å²) in [5, 5.41) is 3.14. The van der Waals surface area contributed by atoms with E-state index in [9.17, 15) is 0 Å². The van der Waals surface area contributed by atoms with Gasteiger partial charge in [-0.2, -0.15) is 0 Å². The predicted octanol–water partition coefficient (Wildman–Crippen LogP) is 1.70. The number of likely N-dealkylation sites (tertiary alicyclic amines) is 1. The summed E-state index contributed by atoms with van der Waals surface area (Å²) in [4.78, 5) is 16.1. The summed E-state index contributed by atoms with van der Waals surface area (Å²) >= 11 is 1.70. The molecule has 3 rings (SSSR count). The Balaban J connectivity index is 1.37. The molecule has 3 heterocycles. The van der Waals surface area contributed by atoms with Crippen LogP contribution in [0.15, 0.2) is 16.6 Å². The van der Waals surface area contributed by atoms with Crippen LogP contribution in [-0.2, 0) is 0 Å². The maximum Gasteiger partial charge on any atom is 0.191 e. The molecule has 0 aromatic carbocycles. The van der Waals surface area contributed by atoms with Crippen LogP contribution in [0.1, 0.15) is 26.2 Å². The Bertz CT molecular complexity index is 501. The fraction of sp³-hybridized carbons (Fsp3) is 0.765. The minimum Gasteiger partial charge on any atom is -0.370 e. The van der Waals surface area contributed by atoms with Gasteiger partial charge in [-0.25, -0.2) is 4.98 Å². The van der Waals surface area contributed by atoms with Crippen molar-refractivity contribution in [2.24, 2.45) is 16.6 Å². The second-order valence-electron chi connectivity index (χ2n) is 6.70. The van der Waals surface area contributed by atoms with Crippen molar-refractivity contribution in [3.63, 3.8) is 0 Å². The second-order valence-corrected chi connectivity index (χ2v) is 7.57. The van der Waals surface area contributed by atoms with Gasteiger partial charge in [0.25, 0.3) is 0 Å². The van der Waals surface area contributed by atoms with Crippen LogP contribution in [0.2, 0.25) is 0 Å². The molecule has 0 spiro atoms. The van der Waals surface area contributed by atoms with Gasteiger partial charge in [0.15, 0.2) is 11.1 Å². The molecule has 134 valence electrons. The van der Waals surface area contributed by atoms with Crippen molar-refractivity contribution in [3.05, 3.63) is 11.6 Å². The first-order chi connectivity index (χ1) is 11.8. The van der Waals surface area contributed by atoms with Crippen LogP contribution in [-0.4, -0.2) is 73.1 Å². The standard InChI is InChI=1S/C17H30N6S/c1-2-21-8-4-15(5-9-21)3-6-19-16(18)22-10-12-23(13-11-22)17-20-7-14-24-17/h7,14-15H,2-6,8-13H2,1H3,(H2,18,19).